The molecule has 0 bridgehead atoms. The maximum atomic E-state index is 12.7. The van der Waals surface area contributed by atoms with Gasteiger partial charge in [-0.25, -0.2) is 4.79 Å². The molecule has 0 aromatic rings. The summed E-state index contributed by atoms with van der Waals surface area (Å²) in [5.41, 5.74) is 1.72. The molecule has 0 heterocycles. The zero-order valence-corrected chi connectivity index (χ0v) is 16.7. The minimum absolute atomic E-state index is 0.0204. The topological polar surface area (TPSA) is 69.7 Å². The van der Waals surface area contributed by atoms with Crippen LogP contribution in [0.25, 0.3) is 0 Å². The number of ether oxygens (including phenoxy) is 2. The lowest BCUT2D eigenvalue weighted by Gasteiger charge is -2.13. The van der Waals surface area contributed by atoms with Crippen molar-refractivity contribution in [3.63, 3.8) is 0 Å². The van der Waals surface area contributed by atoms with E-state index in [2.05, 4.69) is 6.58 Å². The van der Waals surface area contributed by atoms with E-state index in [9.17, 15) is 14.4 Å². The fourth-order valence-electron chi connectivity index (χ4n) is 3.70. The molecule has 27 heavy (non-hydrogen) atoms. The van der Waals surface area contributed by atoms with Crippen LogP contribution in [0.2, 0.25) is 0 Å². The first kappa shape index (κ1) is 20.9. The second-order valence-corrected chi connectivity index (χ2v) is 7.75. The van der Waals surface area contributed by atoms with Crippen molar-refractivity contribution in [1.29, 1.82) is 0 Å². The number of carbonyl (C=O) groups is 3. The molecule has 146 valence electrons. The molecule has 0 spiro atoms. The summed E-state index contributed by atoms with van der Waals surface area (Å²) in [5, 5.41) is 0. The van der Waals surface area contributed by atoms with Gasteiger partial charge in [0.05, 0.1) is 19.4 Å². The van der Waals surface area contributed by atoms with Crippen LogP contribution in [0.15, 0.2) is 47.6 Å². The van der Waals surface area contributed by atoms with Crippen molar-refractivity contribution in [1.82, 2.24) is 0 Å². The fourth-order valence-corrected chi connectivity index (χ4v) is 3.70. The van der Waals surface area contributed by atoms with Gasteiger partial charge in [0.2, 0.25) is 0 Å². The van der Waals surface area contributed by atoms with Crippen LogP contribution in [0.4, 0.5) is 0 Å². The minimum atomic E-state index is -0.500. The third kappa shape index (κ3) is 4.29. The summed E-state index contributed by atoms with van der Waals surface area (Å²) < 4.78 is 10.4. The van der Waals surface area contributed by atoms with E-state index in [4.69, 9.17) is 9.47 Å². The Morgan fingerprint density at radius 2 is 2.00 bits per heavy atom. The Hall–Kier alpha value is -2.43. The first-order valence-corrected chi connectivity index (χ1v) is 9.12. The van der Waals surface area contributed by atoms with Gasteiger partial charge < -0.3 is 9.47 Å². The summed E-state index contributed by atoms with van der Waals surface area (Å²) >= 11 is 0. The van der Waals surface area contributed by atoms with Gasteiger partial charge in [0.25, 0.3) is 0 Å². The van der Waals surface area contributed by atoms with Gasteiger partial charge in [0.15, 0.2) is 5.78 Å². The molecule has 0 amide bonds. The third-order valence-corrected chi connectivity index (χ3v) is 5.62. The number of hydrogen-bond donors (Lipinski definition) is 0. The normalized spacial score (nSPS) is 27.1. The number of ketones is 1. The van der Waals surface area contributed by atoms with E-state index < -0.39 is 12.1 Å². The number of Topliss-reactive ketones (excluding diaryl/α,β-unsaturated/α-hetero) is 1. The van der Waals surface area contributed by atoms with Crippen molar-refractivity contribution >= 4 is 17.7 Å². The quantitative estimate of drug-likeness (QED) is 0.387. The van der Waals surface area contributed by atoms with Crippen molar-refractivity contribution < 1.29 is 23.9 Å². The van der Waals surface area contributed by atoms with Crippen molar-refractivity contribution in [2.75, 3.05) is 7.11 Å². The van der Waals surface area contributed by atoms with E-state index in [0.29, 0.717) is 17.6 Å². The van der Waals surface area contributed by atoms with E-state index in [-0.39, 0.29) is 35.4 Å². The van der Waals surface area contributed by atoms with Crippen LogP contribution >= 0.6 is 0 Å². The molecule has 0 saturated heterocycles. The second-order valence-electron chi connectivity index (χ2n) is 7.75. The standard InChI is InChI=1S/C22H28O5/c1-7-8-9-10-15-14(3)18(12-17(15)23)27-21(25)19-16(22(19,4)5)11-13(2)20(24)26-6/h7-9,11,16,18-19H,1,10,12H2,2-6H3/b9-8+,13-11+/t16-,18-,19+/m1/s1. The molecule has 1 saturated carbocycles. The zero-order valence-electron chi connectivity index (χ0n) is 16.7. The highest BCUT2D eigenvalue weighted by molar-refractivity contribution is 6.00. The van der Waals surface area contributed by atoms with Gasteiger partial charge in [0, 0.05) is 11.1 Å². The number of hydrogen-bond acceptors (Lipinski definition) is 5. The highest BCUT2D eigenvalue weighted by Gasteiger charge is 2.62. The molecule has 0 N–H and O–H groups in total. The molecular formula is C22H28O5. The van der Waals surface area contributed by atoms with Gasteiger partial charge in [0.1, 0.15) is 6.10 Å². The van der Waals surface area contributed by atoms with Crippen molar-refractivity contribution in [3.8, 4) is 0 Å². The summed E-state index contributed by atoms with van der Waals surface area (Å²) in [5.74, 6) is -1.11. The summed E-state index contributed by atoms with van der Waals surface area (Å²) in [4.78, 5) is 36.5. The van der Waals surface area contributed by atoms with Crippen LogP contribution in [0.3, 0.4) is 0 Å². The minimum Gasteiger partial charge on any atom is -0.466 e. The summed E-state index contributed by atoms with van der Waals surface area (Å²) in [6.07, 6.45) is 7.32. The Morgan fingerprint density at radius 1 is 1.33 bits per heavy atom. The smallest absolute Gasteiger partial charge is 0.333 e. The lowest BCUT2D eigenvalue weighted by Crippen LogP contribution is -2.20. The molecule has 0 radical (unpaired) electrons. The van der Waals surface area contributed by atoms with Crippen molar-refractivity contribution in [3.05, 3.63) is 47.6 Å². The van der Waals surface area contributed by atoms with Crippen LogP contribution in [-0.4, -0.2) is 30.9 Å². The molecule has 0 aromatic heterocycles. The third-order valence-electron chi connectivity index (χ3n) is 5.62. The average molecular weight is 372 g/mol. The van der Waals surface area contributed by atoms with Gasteiger partial charge in [-0.1, -0.05) is 44.7 Å². The predicted octanol–water partition coefficient (Wildman–Crippen LogP) is 3.71. The van der Waals surface area contributed by atoms with Gasteiger partial charge in [-0.3, -0.25) is 9.59 Å². The molecule has 0 unspecified atom stereocenters. The Labute approximate surface area is 160 Å². The maximum absolute atomic E-state index is 12.7. The lowest BCUT2D eigenvalue weighted by atomic mass is 10.1. The molecule has 5 nitrogen and oxygen atoms in total. The van der Waals surface area contributed by atoms with Gasteiger partial charge in [-0.15, -0.1) is 0 Å². The predicted molar refractivity (Wildman–Crippen MR) is 103 cm³/mol. The van der Waals surface area contributed by atoms with Crippen LogP contribution in [0.5, 0.6) is 0 Å². The zero-order chi connectivity index (χ0) is 20.4. The summed E-state index contributed by atoms with van der Waals surface area (Å²) in [6, 6.07) is 0. The lowest BCUT2D eigenvalue weighted by molar-refractivity contribution is -0.150. The number of allylic oxidation sites excluding steroid dienone is 5. The van der Waals surface area contributed by atoms with Crippen molar-refractivity contribution in [2.45, 2.75) is 46.6 Å². The molecule has 0 aliphatic heterocycles. The van der Waals surface area contributed by atoms with E-state index in [1.54, 1.807) is 25.2 Å². The number of esters is 2. The van der Waals surface area contributed by atoms with Gasteiger partial charge in [-0.05, 0) is 37.2 Å². The molecule has 2 rings (SSSR count). The molecular weight excluding hydrogens is 344 g/mol. The number of carbonyl (C=O) groups excluding carboxylic acids is 3. The van der Waals surface area contributed by atoms with E-state index in [1.165, 1.54) is 7.11 Å². The van der Waals surface area contributed by atoms with Gasteiger partial charge >= 0.3 is 11.9 Å². The molecule has 1 fully saturated rings. The van der Waals surface area contributed by atoms with E-state index in [0.717, 1.165) is 5.57 Å². The highest BCUT2D eigenvalue weighted by atomic mass is 16.5. The van der Waals surface area contributed by atoms with Crippen LogP contribution in [0, 0.1) is 17.3 Å². The van der Waals surface area contributed by atoms with Crippen LogP contribution in [-0.2, 0) is 23.9 Å². The van der Waals surface area contributed by atoms with Crippen LogP contribution < -0.4 is 0 Å². The monoisotopic (exact) mass is 372 g/mol. The number of rotatable bonds is 7. The second kappa shape index (κ2) is 8.07. The first-order valence-electron chi connectivity index (χ1n) is 9.12. The van der Waals surface area contributed by atoms with Gasteiger partial charge in [-0.2, -0.15) is 0 Å². The molecule has 2 aliphatic carbocycles. The Balaban J connectivity index is 2.07. The van der Waals surface area contributed by atoms with Crippen LogP contribution in [0.1, 0.15) is 40.5 Å². The fraction of sp³-hybridized carbons (Fsp3) is 0.500. The summed E-state index contributed by atoms with van der Waals surface area (Å²) in [6.45, 7) is 11.1. The number of methoxy groups -OCH3 is 1. The average Bonchev–Trinajstić information content (AvgIpc) is 3.05. The molecule has 0 aromatic carbocycles. The molecule has 5 heteroatoms. The Bertz CT molecular complexity index is 751. The molecule has 2 aliphatic rings. The Morgan fingerprint density at radius 3 is 2.59 bits per heavy atom. The highest BCUT2D eigenvalue weighted by Crippen LogP contribution is 2.60. The SMILES string of the molecule is C=C/C=C/CC1=C(C)[C@H](OC(=O)[C@@H]2[C@@H](/C=C(\C)C(=O)OC)C2(C)C)CC1=O. The van der Waals surface area contributed by atoms with E-state index >= 15 is 0 Å². The summed E-state index contributed by atoms with van der Waals surface area (Å²) in [7, 11) is 1.33. The van der Waals surface area contributed by atoms with Crippen molar-refractivity contribution in [2.24, 2.45) is 17.3 Å². The largest absolute Gasteiger partial charge is 0.466 e. The molecule has 3 atom stereocenters. The van der Waals surface area contributed by atoms with E-state index in [1.807, 2.05) is 26.8 Å². The first-order chi connectivity index (χ1) is 12.6. The Kier molecular flexibility index (Phi) is 6.24. The maximum Gasteiger partial charge on any atom is 0.333 e.